The summed E-state index contributed by atoms with van der Waals surface area (Å²) in [6, 6.07) is 6.77. The van der Waals surface area contributed by atoms with E-state index in [-0.39, 0.29) is 46.8 Å². The zero-order chi connectivity index (χ0) is 33.0. The third-order valence-corrected chi connectivity index (χ3v) is 9.82. The number of aromatic nitrogens is 3. The van der Waals surface area contributed by atoms with Crippen LogP contribution in [0.3, 0.4) is 0 Å². The Kier molecular flexibility index (Phi) is 8.58. The van der Waals surface area contributed by atoms with Gasteiger partial charge in [-0.25, -0.2) is 29.2 Å². The van der Waals surface area contributed by atoms with Crippen LogP contribution in [0, 0.1) is 5.82 Å². The molecular formula is C33H39ClFN5O5S. The second-order valence-electron chi connectivity index (χ2n) is 13.5. The molecule has 10 nitrogen and oxygen atoms in total. The van der Waals surface area contributed by atoms with Gasteiger partial charge in [-0.2, -0.15) is 0 Å². The topological polar surface area (TPSA) is 99.0 Å². The summed E-state index contributed by atoms with van der Waals surface area (Å²) < 4.78 is 35.9. The Morgan fingerprint density at radius 3 is 2.67 bits per heavy atom. The second-order valence-corrected chi connectivity index (χ2v) is 18.5. The molecule has 0 aliphatic carbocycles. The van der Waals surface area contributed by atoms with Gasteiger partial charge in [-0.1, -0.05) is 29.8 Å². The molecule has 4 heterocycles. The molecule has 1 saturated heterocycles. The minimum atomic E-state index is -0.738. The van der Waals surface area contributed by atoms with Crippen LogP contribution in [-0.2, 0) is 16.2 Å². The van der Waals surface area contributed by atoms with Gasteiger partial charge >= 0.3 is 6.09 Å². The summed E-state index contributed by atoms with van der Waals surface area (Å²) in [6.07, 6.45) is 9.23. The molecule has 2 aliphatic heterocycles. The van der Waals surface area contributed by atoms with Crippen LogP contribution in [0.15, 0.2) is 41.6 Å². The van der Waals surface area contributed by atoms with Crippen LogP contribution < -0.4 is 15.2 Å². The van der Waals surface area contributed by atoms with Gasteiger partial charge in [-0.3, -0.25) is 9.36 Å². The largest absolute Gasteiger partial charge is 0.489 e. The highest BCUT2D eigenvalue weighted by Gasteiger charge is 2.38. The Bertz CT molecular complexity index is 1890. The normalized spacial score (nSPS) is 17.1. The van der Waals surface area contributed by atoms with E-state index in [2.05, 4.69) is 28.7 Å². The fraction of sp³-hybridized carbons (Fsp3) is 0.455. The molecule has 0 N–H and O–H groups in total. The molecule has 2 aromatic heterocycles. The van der Waals surface area contributed by atoms with Crippen LogP contribution in [0.4, 0.5) is 15.0 Å². The van der Waals surface area contributed by atoms with Gasteiger partial charge in [0.25, 0.3) is 5.56 Å². The molecule has 4 aromatic rings. The van der Waals surface area contributed by atoms with Crippen LogP contribution in [-0.4, -0.2) is 94.5 Å². The number of piperazine rings is 1. The Labute approximate surface area is 273 Å². The van der Waals surface area contributed by atoms with Crippen molar-refractivity contribution >= 4 is 55.2 Å². The third kappa shape index (κ3) is 6.22. The average Bonchev–Trinajstić information content (AvgIpc) is 3.15. The zero-order valence-electron chi connectivity index (χ0n) is 26.9. The predicted octanol–water partition coefficient (Wildman–Crippen LogP) is 5.89. The van der Waals surface area contributed by atoms with Crippen molar-refractivity contribution in [3.8, 4) is 16.9 Å². The number of amides is 1. The van der Waals surface area contributed by atoms with E-state index in [1.54, 1.807) is 23.2 Å². The van der Waals surface area contributed by atoms with Crippen LogP contribution in [0.5, 0.6) is 5.75 Å². The molecule has 0 unspecified atom stereocenters. The number of pyridine rings is 1. The van der Waals surface area contributed by atoms with E-state index in [0.29, 0.717) is 53.8 Å². The number of carbonyl (C=O) groups is 1. The van der Waals surface area contributed by atoms with Crippen molar-refractivity contribution in [2.75, 3.05) is 62.3 Å². The van der Waals surface area contributed by atoms with Crippen LogP contribution in [0.1, 0.15) is 20.8 Å². The maximum atomic E-state index is 16.7. The molecule has 1 amide bonds. The summed E-state index contributed by atoms with van der Waals surface area (Å²) >= 11 is 7.04. The van der Waals surface area contributed by atoms with Crippen LogP contribution >= 0.6 is 21.6 Å². The van der Waals surface area contributed by atoms with Crippen molar-refractivity contribution in [2.45, 2.75) is 39.1 Å². The summed E-state index contributed by atoms with van der Waals surface area (Å²) in [5.41, 5.74) is -0.548. The minimum absolute atomic E-state index is 0.0246. The molecule has 246 valence electrons. The molecule has 0 saturated carbocycles. The van der Waals surface area contributed by atoms with Gasteiger partial charge in [0.05, 0.1) is 28.4 Å². The van der Waals surface area contributed by atoms with E-state index in [1.807, 2.05) is 37.8 Å². The van der Waals surface area contributed by atoms with Gasteiger partial charge in [0.1, 0.15) is 36.6 Å². The Hall–Kier alpha value is -3.61. The summed E-state index contributed by atoms with van der Waals surface area (Å²) in [4.78, 5) is 39.2. The number of carbonyl (C=O) groups excluding carboxylic acids is 1. The quantitative estimate of drug-likeness (QED) is 0.234. The Morgan fingerprint density at radius 1 is 1.15 bits per heavy atom. The summed E-state index contributed by atoms with van der Waals surface area (Å²) in [6.45, 7) is 7.40. The van der Waals surface area contributed by atoms with Crippen molar-refractivity contribution in [2.24, 2.45) is 0 Å². The highest BCUT2D eigenvalue weighted by molar-refractivity contribution is 8.32. The first-order valence-corrected chi connectivity index (χ1v) is 18.5. The Morgan fingerprint density at radius 2 is 1.93 bits per heavy atom. The van der Waals surface area contributed by atoms with Gasteiger partial charge in [0.2, 0.25) is 0 Å². The minimum Gasteiger partial charge on any atom is -0.489 e. The molecule has 46 heavy (non-hydrogen) atoms. The summed E-state index contributed by atoms with van der Waals surface area (Å²) in [5.74, 6) is 0.965. The van der Waals surface area contributed by atoms with Gasteiger partial charge in [-0.05, 0) is 56.6 Å². The molecule has 0 bridgehead atoms. The lowest BCUT2D eigenvalue weighted by Crippen LogP contribution is -2.57. The Balaban J connectivity index is 1.40. The van der Waals surface area contributed by atoms with E-state index in [9.17, 15) is 9.59 Å². The SMILES string of the molecule is CC(C)(C)OC(=O)N1CCN2c3ncnc4c(F)c(-c5cccc6ccn(COCCS(C)(C)C)c(=O)c56)c(Cl)c(c34)OC[C@@H]2C1. The molecule has 1 fully saturated rings. The monoisotopic (exact) mass is 671 g/mol. The lowest BCUT2D eigenvalue weighted by Gasteiger charge is -2.41. The summed E-state index contributed by atoms with van der Waals surface area (Å²) in [5, 5.41) is 1.34. The van der Waals surface area contributed by atoms with Gasteiger partial charge in [0, 0.05) is 37.1 Å². The first-order chi connectivity index (χ1) is 21.7. The van der Waals surface area contributed by atoms with Gasteiger partial charge in [-0.15, -0.1) is 0 Å². The highest BCUT2D eigenvalue weighted by atomic mass is 35.5. The van der Waals surface area contributed by atoms with E-state index in [4.69, 9.17) is 25.8 Å². The first-order valence-electron chi connectivity index (χ1n) is 15.1. The molecule has 0 radical (unpaired) electrons. The zero-order valence-corrected chi connectivity index (χ0v) is 28.5. The van der Waals surface area contributed by atoms with Gasteiger partial charge in [0.15, 0.2) is 11.6 Å². The van der Waals surface area contributed by atoms with E-state index >= 15 is 4.39 Å². The van der Waals surface area contributed by atoms with Crippen LogP contribution in [0.25, 0.3) is 32.8 Å². The second kappa shape index (κ2) is 12.2. The van der Waals surface area contributed by atoms with Crippen molar-refractivity contribution < 1.29 is 23.4 Å². The number of nitrogens with zero attached hydrogens (tertiary/aromatic N) is 5. The van der Waals surface area contributed by atoms with Crippen molar-refractivity contribution in [3.63, 3.8) is 0 Å². The van der Waals surface area contributed by atoms with Crippen molar-refractivity contribution in [1.29, 1.82) is 0 Å². The van der Waals surface area contributed by atoms with E-state index in [1.165, 1.54) is 10.9 Å². The number of rotatable bonds is 6. The summed E-state index contributed by atoms with van der Waals surface area (Å²) in [7, 11) is -0.738. The lowest BCUT2D eigenvalue weighted by atomic mass is 9.97. The number of anilines is 1. The molecule has 2 aliphatic rings. The molecule has 0 spiro atoms. The molecular weight excluding hydrogens is 633 g/mol. The number of benzene rings is 2. The standard InChI is InChI=1S/C33H39ClFN5O5S/c1-33(2,3)45-32(42)38-12-13-40-21(16-38)17-44-29-25-28(36-18-37-30(25)40)27(35)24(26(29)34)22-9-7-8-20-10-11-39(31(41)23(20)22)19-43-14-15-46(4,5)6/h7-11,18,21H,12-17,19H2,1-6H3/t21-/m0/s1. The molecule has 1 atom stereocenters. The predicted molar refractivity (Wildman–Crippen MR) is 182 cm³/mol. The number of hydrogen-bond acceptors (Lipinski definition) is 8. The number of halogens is 2. The van der Waals surface area contributed by atoms with Gasteiger partial charge < -0.3 is 24.0 Å². The van der Waals surface area contributed by atoms with E-state index < -0.39 is 27.5 Å². The van der Waals surface area contributed by atoms with Crippen LogP contribution in [0.2, 0.25) is 5.02 Å². The molecule has 2 aromatic carbocycles. The molecule has 13 heteroatoms. The van der Waals surface area contributed by atoms with Crippen molar-refractivity contribution in [3.05, 3.63) is 58.0 Å². The highest BCUT2D eigenvalue weighted by Crippen LogP contribution is 2.48. The number of fused-ring (bicyclic) bond motifs is 3. The maximum Gasteiger partial charge on any atom is 0.410 e. The van der Waals surface area contributed by atoms with Crippen molar-refractivity contribution in [1.82, 2.24) is 19.4 Å². The fourth-order valence-corrected chi connectivity index (χ4v) is 6.79. The number of ether oxygens (including phenoxy) is 3. The lowest BCUT2D eigenvalue weighted by molar-refractivity contribution is 0.0202. The number of hydrogen-bond donors (Lipinski definition) is 0. The third-order valence-electron chi connectivity index (χ3n) is 8.07. The van der Waals surface area contributed by atoms with E-state index in [0.717, 1.165) is 5.75 Å². The molecule has 6 rings (SSSR count). The first kappa shape index (κ1) is 32.3. The maximum absolute atomic E-state index is 16.7. The fourth-order valence-electron chi connectivity index (χ4n) is 5.84. The smallest absolute Gasteiger partial charge is 0.410 e. The average molecular weight is 672 g/mol.